The Balaban J connectivity index is 1.70. The van der Waals surface area contributed by atoms with E-state index >= 15 is 0 Å². The van der Waals surface area contributed by atoms with Gasteiger partial charge in [0, 0.05) is 43.3 Å². The zero-order chi connectivity index (χ0) is 18.1. The SMILES string of the molecule is c1ccc(-c2ccc(N3CCNCC3)nc2-c2n[nH]c3ncccc23)cc1. The highest BCUT2D eigenvalue weighted by Crippen LogP contribution is 2.34. The van der Waals surface area contributed by atoms with Crippen molar-refractivity contribution in [1.29, 1.82) is 0 Å². The number of fused-ring (bicyclic) bond motifs is 1. The Labute approximate surface area is 157 Å². The number of pyridine rings is 2. The molecular weight excluding hydrogens is 336 g/mol. The Morgan fingerprint density at radius 3 is 2.56 bits per heavy atom. The van der Waals surface area contributed by atoms with Gasteiger partial charge in [-0.15, -0.1) is 0 Å². The van der Waals surface area contributed by atoms with Crippen molar-refractivity contribution in [2.75, 3.05) is 31.1 Å². The lowest BCUT2D eigenvalue weighted by Crippen LogP contribution is -2.43. The number of piperazine rings is 1. The quantitative estimate of drug-likeness (QED) is 0.590. The molecule has 0 bridgehead atoms. The second-order valence-electron chi connectivity index (χ2n) is 6.64. The fourth-order valence-electron chi connectivity index (χ4n) is 3.59. The molecule has 1 aliphatic heterocycles. The molecule has 3 aromatic heterocycles. The van der Waals surface area contributed by atoms with Gasteiger partial charge in [-0.2, -0.15) is 5.10 Å². The van der Waals surface area contributed by atoms with Gasteiger partial charge < -0.3 is 10.2 Å². The van der Waals surface area contributed by atoms with E-state index in [2.05, 4.69) is 49.7 Å². The maximum atomic E-state index is 5.05. The molecule has 2 N–H and O–H groups in total. The summed E-state index contributed by atoms with van der Waals surface area (Å²) in [6.45, 7) is 3.87. The van der Waals surface area contributed by atoms with E-state index in [-0.39, 0.29) is 0 Å². The summed E-state index contributed by atoms with van der Waals surface area (Å²) in [6.07, 6.45) is 1.77. The van der Waals surface area contributed by atoms with E-state index in [4.69, 9.17) is 4.98 Å². The molecule has 0 saturated carbocycles. The summed E-state index contributed by atoms with van der Waals surface area (Å²) in [4.78, 5) is 11.8. The summed E-state index contributed by atoms with van der Waals surface area (Å²) in [5, 5.41) is 12.0. The number of anilines is 1. The summed E-state index contributed by atoms with van der Waals surface area (Å²) >= 11 is 0. The van der Waals surface area contributed by atoms with Crippen LogP contribution in [-0.2, 0) is 0 Å². The number of benzene rings is 1. The number of nitrogens with one attached hydrogen (secondary N) is 2. The topological polar surface area (TPSA) is 69.7 Å². The van der Waals surface area contributed by atoms with Crippen molar-refractivity contribution in [1.82, 2.24) is 25.5 Å². The maximum absolute atomic E-state index is 5.05. The van der Waals surface area contributed by atoms with E-state index in [1.165, 1.54) is 0 Å². The minimum absolute atomic E-state index is 0.779. The largest absolute Gasteiger partial charge is 0.354 e. The van der Waals surface area contributed by atoms with Crippen LogP contribution < -0.4 is 10.2 Å². The third-order valence-electron chi connectivity index (χ3n) is 4.97. The predicted octanol–water partition coefficient (Wildman–Crippen LogP) is 3.10. The van der Waals surface area contributed by atoms with Crippen LogP contribution in [0.5, 0.6) is 0 Å². The van der Waals surface area contributed by atoms with Crippen LogP contribution in [0.4, 0.5) is 5.82 Å². The first kappa shape index (κ1) is 16.0. The van der Waals surface area contributed by atoms with E-state index in [9.17, 15) is 0 Å². The van der Waals surface area contributed by atoms with E-state index in [1.807, 2.05) is 30.3 Å². The molecule has 4 aromatic rings. The zero-order valence-corrected chi connectivity index (χ0v) is 14.9. The normalized spacial score (nSPS) is 14.6. The van der Waals surface area contributed by atoms with Gasteiger partial charge in [-0.25, -0.2) is 9.97 Å². The third-order valence-corrected chi connectivity index (χ3v) is 4.97. The average Bonchev–Trinajstić information content (AvgIpc) is 3.19. The van der Waals surface area contributed by atoms with Crippen molar-refractivity contribution in [2.45, 2.75) is 0 Å². The molecule has 0 radical (unpaired) electrons. The molecule has 0 atom stereocenters. The van der Waals surface area contributed by atoms with Gasteiger partial charge in [0.1, 0.15) is 17.2 Å². The second-order valence-corrected chi connectivity index (χ2v) is 6.64. The first-order chi connectivity index (χ1) is 13.4. The monoisotopic (exact) mass is 356 g/mol. The summed E-state index contributed by atoms with van der Waals surface area (Å²) in [5.41, 5.74) is 4.71. The highest BCUT2D eigenvalue weighted by molar-refractivity contribution is 5.94. The number of rotatable bonds is 3. The van der Waals surface area contributed by atoms with Gasteiger partial charge in [0.25, 0.3) is 0 Å². The number of nitrogens with zero attached hydrogens (tertiary/aromatic N) is 4. The molecule has 0 aliphatic carbocycles. The molecule has 0 amide bonds. The van der Waals surface area contributed by atoms with Gasteiger partial charge in [-0.3, -0.25) is 5.10 Å². The van der Waals surface area contributed by atoms with Crippen LogP contribution in [0.3, 0.4) is 0 Å². The standard InChI is InChI=1S/C21H20N6/c1-2-5-15(6-3-1)16-8-9-18(27-13-11-22-12-14-27)24-19(16)20-17-7-4-10-23-21(17)26-25-20/h1-10,22H,11-14H2,(H,23,25,26). The summed E-state index contributed by atoms with van der Waals surface area (Å²) < 4.78 is 0. The van der Waals surface area contributed by atoms with E-state index in [0.717, 1.165) is 65.5 Å². The van der Waals surface area contributed by atoms with Gasteiger partial charge in [0.05, 0.1) is 0 Å². The summed E-state index contributed by atoms with van der Waals surface area (Å²) in [5.74, 6) is 0.992. The first-order valence-corrected chi connectivity index (χ1v) is 9.22. The fourth-order valence-corrected chi connectivity index (χ4v) is 3.59. The van der Waals surface area contributed by atoms with Gasteiger partial charge in [0.15, 0.2) is 5.65 Å². The molecule has 5 rings (SSSR count). The van der Waals surface area contributed by atoms with Crippen molar-refractivity contribution >= 4 is 16.9 Å². The van der Waals surface area contributed by atoms with Crippen LogP contribution >= 0.6 is 0 Å². The molecule has 6 heteroatoms. The van der Waals surface area contributed by atoms with Crippen molar-refractivity contribution in [3.8, 4) is 22.5 Å². The molecular formula is C21H20N6. The Hall–Kier alpha value is -3.25. The Kier molecular flexibility index (Phi) is 4.03. The fraction of sp³-hybridized carbons (Fsp3) is 0.190. The number of hydrogen-bond donors (Lipinski definition) is 2. The highest BCUT2D eigenvalue weighted by Gasteiger charge is 2.19. The van der Waals surface area contributed by atoms with Gasteiger partial charge in [0.2, 0.25) is 0 Å². The molecule has 0 spiro atoms. The minimum Gasteiger partial charge on any atom is -0.354 e. The van der Waals surface area contributed by atoms with Crippen molar-refractivity contribution in [3.63, 3.8) is 0 Å². The average molecular weight is 356 g/mol. The molecule has 6 nitrogen and oxygen atoms in total. The number of H-pyrrole nitrogens is 1. The van der Waals surface area contributed by atoms with E-state index in [1.54, 1.807) is 6.20 Å². The number of aromatic amines is 1. The highest BCUT2D eigenvalue weighted by atomic mass is 15.2. The van der Waals surface area contributed by atoms with E-state index < -0.39 is 0 Å². The summed E-state index contributed by atoms with van der Waals surface area (Å²) in [6, 6.07) is 18.6. The second kappa shape index (κ2) is 6.81. The van der Waals surface area contributed by atoms with Crippen LogP contribution in [0, 0.1) is 0 Å². The van der Waals surface area contributed by atoms with Crippen LogP contribution in [0.15, 0.2) is 60.8 Å². The lowest BCUT2D eigenvalue weighted by Gasteiger charge is -2.29. The minimum atomic E-state index is 0.779. The molecule has 1 aliphatic rings. The Bertz CT molecular complexity index is 1070. The number of hydrogen-bond acceptors (Lipinski definition) is 5. The molecule has 1 fully saturated rings. The van der Waals surface area contributed by atoms with Crippen LogP contribution in [0.1, 0.15) is 0 Å². The third kappa shape index (κ3) is 2.94. The Morgan fingerprint density at radius 2 is 1.70 bits per heavy atom. The lowest BCUT2D eigenvalue weighted by atomic mass is 10.0. The molecule has 0 unspecified atom stereocenters. The molecule has 4 heterocycles. The smallest absolute Gasteiger partial charge is 0.155 e. The van der Waals surface area contributed by atoms with Crippen LogP contribution in [0.2, 0.25) is 0 Å². The van der Waals surface area contributed by atoms with Crippen molar-refractivity contribution < 1.29 is 0 Å². The summed E-state index contributed by atoms with van der Waals surface area (Å²) in [7, 11) is 0. The van der Waals surface area contributed by atoms with Crippen LogP contribution in [0.25, 0.3) is 33.5 Å². The molecule has 27 heavy (non-hydrogen) atoms. The lowest BCUT2D eigenvalue weighted by molar-refractivity contribution is 0.585. The zero-order valence-electron chi connectivity index (χ0n) is 14.9. The van der Waals surface area contributed by atoms with Gasteiger partial charge in [-0.05, 0) is 29.8 Å². The molecule has 134 valence electrons. The van der Waals surface area contributed by atoms with Crippen molar-refractivity contribution in [3.05, 3.63) is 60.8 Å². The van der Waals surface area contributed by atoms with Gasteiger partial charge in [-0.1, -0.05) is 30.3 Å². The molecule has 1 saturated heterocycles. The predicted molar refractivity (Wildman–Crippen MR) is 108 cm³/mol. The maximum Gasteiger partial charge on any atom is 0.155 e. The molecule has 1 aromatic carbocycles. The number of aromatic nitrogens is 4. The van der Waals surface area contributed by atoms with Gasteiger partial charge >= 0.3 is 0 Å². The first-order valence-electron chi connectivity index (χ1n) is 9.22. The van der Waals surface area contributed by atoms with E-state index in [0.29, 0.717) is 0 Å². The Morgan fingerprint density at radius 1 is 0.852 bits per heavy atom. The van der Waals surface area contributed by atoms with Crippen molar-refractivity contribution in [2.24, 2.45) is 0 Å². The van der Waals surface area contributed by atoms with Crippen LogP contribution in [-0.4, -0.2) is 46.3 Å².